The predicted molar refractivity (Wildman–Crippen MR) is 125 cm³/mol. The molecule has 5 nitrogen and oxygen atoms in total. The number of carbonyl (C=O) groups excluding carboxylic acids is 2. The Kier molecular flexibility index (Phi) is 9.24. The number of rotatable bonds is 10. The fourth-order valence-electron chi connectivity index (χ4n) is 3.21. The van der Waals surface area contributed by atoms with Crippen LogP contribution in [0, 0.1) is 5.82 Å². The smallest absolute Gasteiger partial charge is 0.261 e. The Bertz CT molecular complexity index is 891. The second-order valence-corrected chi connectivity index (χ2v) is 9.00. The summed E-state index contributed by atoms with van der Waals surface area (Å²) in [6.45, 7) is 10.3. The molecule has 174 valence electrons. The largest absolute Gasteiger partial charge is 0.484 e. The summed E-state index contributed by atoms with van der Waals surface area (Å²) in [7, 11) is 0. The van der Waals surface area contributed by atoms with Crippen molar-refractivity contribution in [2.45, 2.75) is 65.5 Å². The highest BCUT2D eigenvalue weighted by Gasteiger charge is 2.27. The van der Waals surface area contributed by atoms with Crippen LogP contribution in [-0.4, -0.2) is 35.9 Å². The van der Waals surface area contributed by atoms with Crippen molar-refractivity contribution >= 4 is 11.8 Å². The molecule has 0 spiro atoms. The maximum Gasteiger partial charge on any atom is 0.261 e. The summed E-state index contributed by atoms with van der Waals surface area (Å²) in [5.74, 6) is -0.496. The summed E-state index contributed by atoms with van der Waals surface area (Å²) < 4.78 is 19.9. The van der Waals surface area contributed by atoms with Crippen molar-refractivity contribution in [1.29, 1.82) is 0 Å². The Morgan fingerprint density at radius 3 is 2.34 bits per heavy atom. The van der Waals surface area contributed by atoms with E-state index in [0.29, 0.717) is 17.9 Å². The van der Waals surface area contributed by atoms with Crippen LogP contribution in [0.4, 0.5) is 4.39 Å². The van der Waals surface area contributed by atoms with Gasteiger partial charge in [-0.2, -0.15) is 0 Å². The summed E-state index contributed by atoms with van der Waals surface area (Å²) in [6.07, 6.45) is 1.81. The maximum atomic E-state index is 14.2. The monoisotopic (exact) mass is 442 g/mol. The molecule has 0 unspecified atom stereocenters. The molecule has 0 aliphatic heterocycles. The zero-order valence-corrected chi connectivity index (χ0v) is 19.8. The molecule has 0 saturated heterocycles. The van der Waals surface area contributed by atoms with Crippen molar-refractivity contribution in [1.82, 2.24) is 10.2 Å². The molecular formula is C26H35FN2O3. The average Bonchev–Trinajstić information content (AvgIpc) is 2.76. The predicted octanol–water partition coefficient (Wildman–Crippen LogP) is 4.84. The third kappa shape index (κ3) is 7.36. The van der Waals surface area contributed by atoms with Crippen molar-refractivity contribution in [2.24, 2.45) is 0 Å². The minimum atomic E-state index is -0.758. The molecular weight excluding hydrogens is 407 g/mol. The lowest BCUT2D eigenvalue weighted by Gasteiger charge is -2.29. The number of amides is 2. The minimum Gasteiger partial charge on any atom is -0.484 e. The average molecular weight is 443 g/mol. The van der Waals surface area contributed by atoms with Crippen LogP contribution in [0.25, 0.3) is 0 Å². The van der Waals surface area contributed by atoms with Crippen LogP contribution in [0.3, 0.4) is 0 Å². The molecule has 0 aromatic heterocycles. The Hall–Kier alpha value is -2.89. The Balaban J connectivity index is 2.12. The summed E-state index contributed by atoms with van der Waals surface area (Å²) in [5.41, 5.74) is 1.53. The molecule has 2 rings (SSSR count). The number of benzene rings is 2. The van der Waals surface area contributed by atoms with Gasteiger partial charge in [0.1, 0.15) is 17.6 Å². The molecule has 1 N–H and O–H groups in total. The Morgan fingerprint density at radius 2 is 1.75 bits per heavy atom. The van der Waals surface area contributed by atoms with Gasteiger partial charge in [-0.25, -0.2) is 4.39 Å². The summed E-state index contributed by atoms with van der Waals surface area (Å²) in [6, 6.07) is 13.1. The van der Waals surface area contributed by atoms with Crippen LogP contribution in [-0.2, 0) is 21.5 Å². The van der Waals surface area contributed by atoms with E-state index >= 15 is 0 Å². The topological polar surface area (TPSA) is 58.6 Å². The van der Waals surface area contributed by atoms with Gasteiger partial charge in [-0.05, 0) is 42.5 Å². The van der Waals surface area contributed by atoms with Crippen molar-refractivity contribution in [3.05, 3.63) is 65.5 Å². The Morgan fingerprint density at radius 1 is 1.09 bits per heavy atom. The van der Waals surface area contributed by atoms with Crippen molar-refractivity contribution in [3.63, 3.8) is 0 Å². The van der Waals surface area contributed by atoms with Gasteiger partial charge in [-0.1, -0.05) is 64.4 Å². The van der Waals surface area contributed by atoms with E-state index in [4.69, 9.17) is 4.74 Å². The molecule has 0 bridgehead atoms. The first-order valence-corrected chi connectivity index (χ1v) is 11.2. The van der Waals surface area contributed by atoms with Gasteiger partial charge < -0.3 is 15.0 Å². The van der Waals surface area contributed by atoms with E-state index < -0.39 is 11.9 Å². The van der Waals surface area contributed by atoms with Gasteiger partial charge in [0.25, 0.3) is 5.91 Å². The van der Waals surface area contributed by atoms with Crippen molar-refractivity contribution in [3.8, 4) is 5.75 Å². The third-order valence-corrected chi connectivity index (χ3v) is 5.38. The second-order valence-electron chi connectivity index (χ2n) is 9.00. The minimum absolute atomic E-state index is 0.0137. The molecule has 32 heavy (non-hydrogen) atoms. The lowest BCUT2D eigenvalue weighted by molar-refractivity contribution is -0.142. The lowest BCUT2D eigenvalue weighted by Crippen LogP contribution is -2.49. The van der Waals surface area contributed by atoms with E-state index in [0.717, 1.165) is 18.4 Å². The standard InChI is InChI=1S/C26H35FN2O3/c1-6-7-16-28-25(31)19(2)29(17-20-10-8-9-11-23(20)27)24(30)18-32-22-14-12-21(13-15-22)26(3,4)5/h8-15,19H,6-7,16-18H2,1-5H3,(H,28,31)/t19-/m0/s1. The van der Waals surface area contributed by atoms with Crippen LogP contribution in [0.15, 0.2) is 48.5 Å². The quantitative estimate of drug-likeness (QED) is 0.536. The van der Waals surface area contributed by atoms with Gasteiger partial charge in [-0.3, -0.25) is 9.59 Å². The SMILES string of the molecule is CCCCNC(=O)[C@H](C)N(Cc1ccccc1F)C(=O)COc1ccc(C(C)(C)C)cc1. The first-order chi connectivity index (χ1) is 15.1. The number of hydrogen-bond acceptors (Lipinski definition) is 3. The number of hydrogen-bond donors (Lipinski definition) is 1. The number of nitrogens with zero attached hydrogens (tertiary/aromatic N) is 1. The van der Waals surface area contributed by atoms with Crippen LogP contribution in [0.1, 0.15) is 58.6 Å². The number of nitrogens with one attached hydrogen (secondary N) is 1. The fraction of sp³-hybridized carbons (Fsp3) is 0.462. The molecule has 0 heterocycles. The Labute approximate surface area is 191 Å². The van der Waals surface area contributed by atoms with Gasteiger partial charge in [0, 0.05) is 18.7 Å². The van der Waals surface area contributed by atoms with Gasteiger partial charge >= 0.3 is 0 Å². The lowest BCUT2D eigenvalue weighted by atomic mass is 9.87. The molecule has 0 aliphatic carbocycles. The van der Waals surface area contributed by atoms with Gasteiger partial charge in [0.2, 0.25) is 5.91 Å². The van der Waals surface area contributed by atoms with E-state index in [9.17, 15) is 14.0 Å². The van der Waals surface area contributed by atoms with Crippen LogP contribution in [0.2, 0.25) is 0 Å². The molecule has 0 saturated carbocycles. The highest BCUT2D eigenvalue weighted by Crippen LogP contribution is 2.24. The highest BCUT2D eigenvalue weighted by molar-refractivity contribution is 5.87. The molecule has 0 fully saturated rings. The summed E-state index contributed by atoms with van der Waals surface area (Å²) in [4.78, 5) is 27.0. The normalized spacial score (nSPS) is 12.2. The van der Waals surface area contributed by atoms with Crippen molar-refractivity contribution < 1.29 is 18.7 Å². The van der Waals surface area contributed by atoms with E-state index in [-0.39, 0.29) is 30.4 Å². The number of ether oxygens (including phenoxy) is 1. The van der Waals surface area contributed by atoms with E-state index in [2.05, 4.69) is 26.1 Å². The van der Waals surface area contributed by atoms with Crippen LogP contribution in [0.5, 0.6) is 5.75 Å². The number of unbranched alkanes of at least 4 members (excludes halogenated alkanes) is 1. The molecule has 1 atom stereocenters. The fourth-order valence-corrected chi connectivity index (χ4v) is 3.21. The zero-order chi connectivity index (χ0) is 23.7. The van der Waals surface area contributed by atoms with Crippen LogP contribution >= 0.6 is 0 Å². The van der Waals surface area contributed by atoms with E-state index in [1.165, 1.54) is 11.0 Å². The molecule has 2 aromatic carbocycles. The van der Waals surface area contributed by atoms with Crippen molar-refractivity contribution in [2.75, 3.05) is 13.2 Å². The van der Waals surface area contributed by atoms with Gasteiger partial charge in [-0.15, -0.1) is 0 Å². The molecule has 2 amide bonds. The zero-order valence-electron chi connectivity index (χ0n) is 19.8. The summed E-state index contributed by atoms with van der Waals surface area (Å²) in [5, 5.41) is 2.85. The number of halogens is 1. The third-order valence-electron chi connectivity index (χ3n) is 5.38. The second kappa shape index (κ2) is 11.7. The molecule has 0 radical (unpaired) electrons. The molecule has 6 heteroatoms. The van der Waals surface area contributed by atoms with E-state index in [1.807, 2.05) is 31.2 Å². The van der Waals surface area contributed by atoms with Gasteiger partial charge in [0.15, 0.2) is 6.61 Å². The highest BCUT2D eigenvalue weighted by atomic mass is 19.1. The number of carbonyl (C=O) groups is 2. The summed E-state index contributed by atoms with van der Waals surface area (Å²) >= 11 is 0. The maximum absolute atomic E-state index is 14.2. The first kappa shape index (κ1) is 25.4. The van der Waals surface area contributed by atoms with E-state index in [1.54, 1.807) is 25.1 Å². The van der Waals surface area contributed by atoms with Crippen LogP contribution < -0.4 is 10.1 Å². The molecule has 0 aliphatic rings. The molecule has 2 aromatic rings. The first-order valence-electron chi connectivity index (χ1n) is 11.2. The van der Waals surface area contributed by atoms with Gasteiger partial charge in [0.05, 0.1) is 0 Å².